The predicted molar refractivity (Wildman–Crippen MR) is 309 cm³/mol. The molecule has 0 aliphatic heterocycles. The maximum absolute atomic E-state index is 5.08. The summed E-state index contributed by atoms with van der Waals surface area (Å²) in [6.07, 6.45) is 9.76. The number of allylic oxidation sites excluding steroid dienone is 4. The van der Waals surface area contributed by atoms with Crippen molar-refractivity contribution >= 4 is 34.2 Å². The number of unbranched alkanes of at least 4 members (excludes halogenated alkanes) is 3. The van der Waals surface area contributed by atoms with Crippen LogP contribution in [0, 0.1) is 0 Å². The van der Waals surface area contributed by atoms with Gasteiger partial charge in [0, 0.05) is 11.4 Å². The fourth-order valence-corrected chi connectivity index (χ4v) is 8.50. The fraction of sp³-hybridized carbons (Fsp3) is 0.531. The Morgan fingerprint density at radius 3 is 0.740 bits per heavy atom. The molecule has 9 heteroatoms. The van der Waals surface area contributed by atoms with Crippen LogP contribution in [-0.2, 0) is 53.5 Å². The average molecular weight is 1070 g/mol. The SMILES string of the molecule is CC(/C=C(/C)[N-]c1c(C(C)C)cccc1C(C)C)=Nc1c(C(C)C)cccc1C(C)C.CC(/C=C(/C)[N-]c1c(C(C)C)cccc1C(C)C)=Nc1c(C(C)C)cccc1C(C)C.CCCCCC.[O-2].[O-2].[O-2].[V+4].[V+4]. The maximum Gasteiger partial charge on any atom is 4.00 e. The molecule has 0 N–H and O–H groups in total. The van der Waals surface area contributed by atoms with Crippen LogP contribution >= 0.6 is 0 Å². The molecular weight excluding hydrogens is 975 g/mol. The molecule has 0 spiro atoms. The van der Waals surface area contributed by atoms with Gasteiger partial charge < -0.3 is 27.1 Å². The van der Waals surface area contributed by atoms with Gasteiger partial charge in [0.2, 0.25) is 0 Å². The molecule has 0 unspecified atom stereocenters. The smallest absolute Gasteiger partial charge is 2.00 e. The molecule has 4 rings (SSSR count). The van der Waals surface area contributed by atoms with Gasteiger partial charge in [-0.2, -0.15) is 11.4 Å². The first-order chi connectivity index (χ1) is 32.0. The minimum Gasteiger partial charge on any atom is -2.00 e. The van der Waals surface area contributed by atoms with Gasteiger partial charge in [0.05, 0.1) is 11.4 Å². The summed E-state index contributed by atoms with van der Waals surface area (Å²) in [6, 6.07) is 26.3. The fourth-order valence-electron chi connectivity index (χ4n) is 8.50. The summed E-state index contributed by atoms with van der Waals surface area (Å²) in [5, 5.41) is 10.2. The van der Waals surface area contributed by atoms with Crippen LogP contribution in [0.5, 0.6) is 0 Å². The van der Waals surface area contributed by atoms with Gasteiger partial charge in [0.1, 0.15) is 0 Å². The summed E-state index contributed by atoms with van der Waals surface area (Å²) >= 11 is 0. The van der Waals surface area contributed by atoms with Gasteiger partial charge in [0.25, 0.3) is 0 Å². The van der Waals surface area contributed by atoms with Crippen molar-refractivity contribution in [2.75, 3.05) is 0 Å². The maximum atomic E-state index is 5.08. The number of para-hydroxylation sites is 4. The van der Waals surface area contributed by atoms with E-state index in [4.69, 9.17) is 20.6 Å². The monoisotopic (exact) mass is 1070 g/mol. The largest absolute Gasteiger partial charge is 4.00 e. The third-order valence-corrected chi connectivity index (χ3v) is 12.3. The number of benzene rings is 4. The van der Waals surface area contributed by atoms with E-state index in [9.17, 15) is 0 Å². The van der Waals surface area contributed by atoms with Crippen LogP contribution in [0.15, 0.2) is 106 Å². The molecule has 0 aliphatic rings. The molecule has 0 saturated heterocycles. The molecule has 0 aliphatic carbocycles. The molecule has 4 aromatic rings. The van der Waals surface area contributed by atoms with E-state index in [1.54, 1.807) is 0 Å². The van der Waals surface area contributed by atoms with Crippen LogP contribution in [0.25, 0.3) is 10.6 Å². The summed E-state index contributed by atoms with van der Waals surface area (Å²) in [5.74, 6) is 3.49. The van der Waals surface area contributed by atoms with Crippen molar-refractivity contribution in [3.63, 3.8) is 0 Å². The third kappa shape index (κ3) is 24.3. The summed E-state index contributed by atoms with van der Waals surface area (Å²) in [6.45, 7) is 48.6. The predicted octanol–water partition coefficient (Wildman–Crippen LogP) is 22.0. The van der Waals surface area contributed by atoms with Crippen molar-refractivity contribution in [1.29, 1.82) is 0 Å². The average Bonchev–Trinajstić information content (AvgIpc) is 3.25. The van der Waals surface area contributed by atoms with Gasteiger partial charge in [-0.1, -0.05) is 271 Å². The van der Waals surface area contributed by atoms with E-state index in [0.717, 1.165) is 45.6 Å². The van der Waals surface area contributed by atoms with Gasteiger partial charge in [-0.05, 0) is 83.4 Å². The second kappa shape index (κ2) is 38.0. The molecule has 0 heterocycles. The standard InChI is InChI=1S/2C29H41N2.C6H14.3O.2V/c2*1-18(2)24-13-11-14-25(19(3)4)28(24)30-22(9)17-23(10)31-29-26(20(5)6)15-12-16-27(29)21(7)8;1-3-5-6-4-2;;;;;/h2*11-21H,1-10H3;3-6H2,1-2H3;;;;;/q2*-1;;3*-2;2*+4/b2*22-17-,31-23?;;;;;;. The van der Waals surface area contributed by atoms with Gasteiger partial charge in [-0.15, -0.1) is 11.4 Å². The van der Waals surface area contributed by atoms with Crippen LogP contribution in [0.1, 0.15) is 270 Å². The molecule has 400 valence electrons. The molecule has 0 amide bonds. The Labute approximate surface area is 471 Å². The minimum atomic E-state index is 0. The Hall–Kier alpha value is -3.65. The Kier molecular flexibility index (Phi) is 39.5. The van der Waals surface area contributed by atoms with E-state index in [1.807, 2.05) is 0 Å². The molecule has 4 aromatic carbocycles. The van der Waals surface area contributed by atoms with E-state index >= 15 is 0 Å². The van der Waals surface area contributed by atoms with Crippen molar-refractivity contribution in [3.8, 4) is 0 Å². The second-order valence-electron chi connectivity index (χ2n) is 21.4. The Morgan fingerprint density at radius 1 is 0.370 bits per heavy atom. The molecule has 0 atom stereocenters. The van der Waals surface area contributed by atoms with E-state index in [1.165, 1.54) is 70.2 Å². The normalized spacial score (nSPS) is 11.9. The summed E-state index contributed by atoms with van der Waals surface area (Å²) in [4.78, 5) is 10.2. The molecule has 2 radical (unpaired) electrons. The molecule has 0 fully saturated rings. The Bertz CT molecular complexity index is 2040. The molecule has 0 aromatic heterocycles. The van der Waals surface area contributed by atoms with Crippen LogP contribution in [0.3, 0.4) is 0 Å². The first kappa shape index (κ1) is 75.9. The van der Waals surface area contributed by atoms with Crippen LogP contribution < -0.4 is 0 Å². The second-order valence-corrected chi connectivity index (χ2v) is 21.4. The van der Waals surface area contributed by atoms with Crippen LogP contribution in [0.4, 0.5) is 22.7 Å². The van der Waals surface area contributed by atoms with Crippen molar-refractivity contribution in [3.05, 3.63) is 151 Å². The van der Waals surface area contributed by atoms with Gasteiger partial charge in [0.15, 0.2) is 0 Å². The zero-order valence-corrected chi connectivity index (χ0v) is 52.2. The Morgan fingerprint density at radius 2 is 0.562 bits per heavy atom. The summed E-state index contributed by atoms with van der Waals surface area (Å²) < 4.78 is 0. The zero-order chi connectivity index (χ0) is 51.4. The first-order valence-corrected chi connectivity index (χ1v) is 26.4. The Balaban J connectivity index is -0.000000551. The molecular formula is C64H96N4O3V2. The van der Waals surface area contributed by atoms with Crippen LogP contribution in [0.2, 0.25) is 0 Å². The van der Waals surface area contributed by atoms with Crippen molar-refractivity contribution in [2.45, 2.75) is 225 Å². The van der Waals surface area contributed by atoms with Crippen molar-refractivity contribution in [1.82, 2.24) is 0 Å². The van der Waals surface area contributed by atoms with Crippen LogP contribution in [-0.4, -0.2) is 11.4 Å². The third-order valence-electron chi connectivity index (χ3n) is 12.3. The summed E-state index contributed by atoms with van der Waals surface area (Å²) in [7, 11) is 0. The number of nitrogens with zero attached hydrogens (tertiary/aromatic N) is 4. The first-order valence-electron chi connectivity index (χ1n) is 26.4. The molecule has 0 bridgehead atoms. The van der Waals surface area contributed by atoms with Gasteiger partial charge in [-0.3, -0.25) is 9.98 Å². The number of hydrogen-bond acceptors (Lipinski definition) is 2. The number of hydrogen-bond donors (Lipinski definition) is 0. The van der Waals surface area contributed by atoms with E-state index in [0.29, 0.717) is 47.3 Å². The zero-order valence-electron chi connectivity index (χ0n) is 49.4. The van der Waals surface area contributed by atoms with Gasteiger partial charge in [-0.25, -0.2) is 0 Å². The van der Waals surface area contributed by atoms with Crippen molar-refractivity contribution < 1.29 is 53.5 Å². The topological polar surface area (TPSA) is 138 Å². The van der Waals surface area contributed by atoms with E-state index < -0.39 is 0 Å². The molecule has 73 heavy (non-hydrogen) atoms. The summed E-state index contributed by atoms with van der Waals surface area (Å²) in [5.41, 5.74) is 18.9. The van der Waals surface area contributed by atoms with Crippen molar-refractivity contribution in [2.24, 2.45) is 9.98 Å². The molecule has 7 nitrogen and oxygen atoms in total. The number of aliphatic imine (C=N–C) groups is 2. The van der Waals surface area contributed by atoms with E-state index in [-0.39, 0.29) is 53.5 Å². The quantitative estimate of drug-likeness (QED) is 0.0652. The minimum absolute atomic E-state index is 0. The molecule has 0 saturated carbocycles. The van der Waals surface area contributed by atoms with Gasteiger partial charge >= 0.3 is 37.1 Å². The van der Waals surface area contributed by atoms with E-state index in [2.05, 4.69) is 237 Å². The number of rotatable bonds is 19.